The normalized spacial score (nSPS) is 14.8. The Kier molecular flexibility index (Phi) is 7.19. The number of amides is 1. The minimum Gasteiger partial charge on any atom is -0.457 e. The lowest BCUT2D eigenvalue weighted by molar-refractivity contribution is 0.156. The number of hydrogen-bond acceptors (Lipinski definition) is 7. The van der Waals surface area contributed by atoms with Crippen LogP contribution in [0, 0.1) is 18.3 Å². The van der Waals surface area contributed by atoms with Crippen LogP contribution in [-0.2, 0) is 4.74 Å². The van der Waals surface area contributed by atoms with E-state index < -0.39 is 6.09 Å². The van der Waals surface area contributed by atoms with Crippen LogP contribution in [0.15, 0.2) is 67.0 Å². The Morgan fingerprint density at radius 2 is 1.97 bits per heavy atom. The van der Waals surface area contributed by atoms with Crippen LogP contribution in [0.1, 0.15) is 30.4 Å². The summed E-state index contributed by atoms with van der Waals surface area (Å²) in [6.07, 6.45) is 5.76. The van der Waals surface area contributed by atoms with Gasteiger partial charge in [-0.3, -0.25) is 5.32 Å². The molecule has 2 aromatic heterocycles. The van der Waals surface area contributed by atoms with Crippen molar-refractivity contribution in [1.29, 1.82) is 5.26 Å². The first kappa shape index (κ1) is 24.2. The lowest BCUT2D eigenvalue weighted by Crippen LogP contribution is -2.24. The number of carbonyl (C=O) groups is 1. The average Bonchev–Trinajstić information content (AvgIpc) is 3.54. The Morgan fingerprint density at radius 1 is 1.19 bits per heavy atom. The number of aromatic nitrogens is 2. The summed E-state index contributed by atoms with van der Waals surface area (Å²) in [4.78, 5) is 12.4. The van der Waals surface area contributed by atoms with Crippen molar-refractivity contribution in [2.24, 2.45) is 0 Å². The first-order valence-corrected chi connectivity index (χ1v) is 12.3. The van der Waals surface area contributed by atoms with E-state index in [2.05, 4.69) is 27.1 Å². The highest BCUT2D eigenvalue weighted by Gasteiger charge is 2.19. The fourth-order valence-corrected chi connectivity index (χ4v) is 4.44. The third kappa shape index (κ3) is 5.66. The molecule has 3 heterocycles. The van der Waals surface area contributed by atoms with Gasteiger partial charge < -0.3 is 20.1 Å². The van der Waals surface area contributed by atoms with E-state index in [0.29, 0.717) is 40.9 Å². The number of aryl methyl sites for hydroxylation is 1. The van der Waals surface area contributed by atoms with Crippen LogP contribution in [0.2, 0.25) is 0 Å². The number of nitriles is 1. The highest BCUT2D eigenvalue weighted by atomic mass is 16.5. The molecule has 4 aromatic rings. The second-order valence-electron chi connectivity index (χ2n) is 8.91. The first-order valence-electron chi connectivity index (χ1n) is 12.3. The molecule has 1 amide bonds. The molecule has 1 saturated heterocycles. The van der Waals surface area contributed by atoms with Gasteiger partial charge in [-0.2, -0.15) is 10.4 Å². The molecule has 0 saturated carbocycles. The average molecular weight is 497 g/mol. The summed E-state index contributed by atoms with van der Waals surface area (Å²) in [5, 5.41) is 23.6. The van der Waals surface area contributed by atoms with Crippen LogP contribution in [-0.4, -0.2) is 34.9 Å². The zero-order valence-electron chi connectivity index (χ0n) is 20.5. The Bertz CT molecular complexity index is 1420. The van der Waals surface area contributed by atoms with Crippen molar-refractivity contribution in [3.63, 3.8) is 0 Å². The third-order valence-corrected chi connectivity index (χ3v) is 6.38. The molecule has 2 aromatic carbocycles. The highest BCUT2D eigenvalue weighted by molar-refractivity contribution is 5.92. The van der Waals surface area contributed by atoms with Crippen molar-refractivity contribution >= 4 is 28.7 Å². The van der Waals surface area contributed by atoms with Gasteiger partial charge in [-0.25, -0.2) is 9.31 Å². The largest absolute Gasteiger partial charge is 0.457 e. The van der Waals surface area contributed by atoms with Crippen molar-refractivity contribution in [3.8, 4) is 17.6 Å². The first-order chi connectivity index (χ1) is 18.1. The number of benzene rings is 2. The summed E-state index contributed by atoms with van der Waals surface area (Å²) in [6, 6.07) is 19.6. The fraction of sp³-hybridized carbons (Fsp3) is 0.250. The molecule has 1 unspecified atom stereocenters. The van der Waals surface area contributed by atoms with Crippen molar-refractivity contribution < 1.29 is 14.3 Å². The number of nitrogens with zero attached hydrogens (tertiary/aromatic N) is 3. The summed E-state index contributed by atoms with van der Waals surface area (Å²) < 4.78 is 12.9. The quantitative estimate of drug-likeness (QED) is 0.285. The number of ether oxygens (including phenoxy) is 2. The molecule has 1 aliphatic rings. The van der Waals surface area contributed by atoms with E-state index in [4.69, 9.17) is 9.47 Å². The molecule has 0 spiro atoms. The van der Waals surface area contributed by atoms with Crippen LogP contribution in [0.5, 0.6) is 11.5 Å². The second-order valence-corrected chi connectivity index (χ2v) is 8.91. The van der Waals surface area contributed by atoms with Crippen molar-refractivity contribution in [2.45, 2.75) is 32.2 Å². The van der Waals surface area contributed by atoms with Gasteiger partial charge in [-0.05, 0) is 69.1 Å². The molecule has 5 rings (SSSR count). The Morgan fingerprint density at radius 3 is 2.70 bits per heavy atom. The van der Waals surface area contributed by atoms with E-state index in [1.165, 1.54) is 6.20 Å². The maximum absolute atomic E-state index is 12.4. The van der Waals surface area contributed by atoms with E-state index in [9.17, 15) is 10.1 Å². The highest BCUT2D eigenvalue weighted by Crippen LogP contribution is 2.33. The van der Waals surface area contributed by atoms with Gasteiger partial charge in [-0.15, -0.1) is 0 Å². The molecular formula is C28H28N6O3. The van der Waals surface area contributed by atoms with E-state index in [0.717, 1.165) is 42.8 Å². The van der Waals surface area contributed by atoms with Crippen molar-refractivity contribution in [3.05, 3.63) is 78.1 Å². The molecule has 9 nitrogen and oxygen atoms in total. The minimum absolute atomic E-state index is 0.351. The van der Waals surface area contributed by atoms with Crippen LogP contribution < -0.4 is 20.7 Å². The number of para-hydroxylation sites is 1. The second kappa shape index (κ2) is 11.0. The summed E-state index contributed by atoms with van der Waals surface area (Å²) in [6.45, 7) is 3.24. The fourth-order valence-electron chi connectivity index (χ4n) is 4.44. The van der Waals surface area contributed by atoms with E-state index in [-0.39, 0.29) is 0 Å². The topological polar surface area (TPSA) is 113 Å². The Hall–Kier alpha value is -4.55. The molecule has 1 fully saturated rings. The number of hydrogen-bond donors (Lipinski definition) is 3. The van der Waals surface area contributed by atoms with Crippen LogP contribution in [0.25, 0.3) is 5.52 Å². The summed E-state index contributed by atoms with van der Waals surface area (Å²) in [7, 11) is 0. The lowest BCUT2D eigenvalue weighted by Gasteiger charge is -2.12. The number of rotatable bonds is 8. The van der Waals surface area contributed by atoms with Crippen molar-refractivity contribution in [1.82, 2.24) is 14.9 Å². The maximum Gasteiger partial charge on any atom is 0.411 e. The van der Waals surface area contributed by atoms with Gasteiger partial charge in [0.2, 0.25) is 0 Å². The molecule has 37 heavy (non-hydrogen) atoms. The van der Waals surface area contributed by atoms with Gasteiger partial charge in [0.15, 0.2) is 0 Å². The number of nitrogens with one attached hydrogen (secondary N) is 3. The Labute approximate surface area is 215 Å². The smallest absolute Gasteiger partial charge is 0.411 e. The van der Waals surface area contributed by atoms with Gasteiger partial charge in [-0.1, -0.05) is 18.2 Å². The molecule has 9 heteroatoms. The van der Waals surface area contributed by atoms with Crippen LogP contribution in [0.4, 0.5) is 21.9 Å². The zero-order chi connectivity index (χ0) is 25.6. The monoisotopic (exact) mass is 496 g/mol. The summed E-state index contributed by atoms with van der Waals surface area (Å²) >= 11 is 0. The molecule has 1 aliphatic heterocycles. The number of carbonyl (C=O) groups excluding carboxylic acids is 1. The van der Waals surface area contributed by atoms with Crippen molar-refractivity contribution in [2.75, 3.05) is 23.8 Å². The lowest BCUT2D eigenvalue weighted by atomic mass is 10.1. The van der Waals surface area contributed by atoms with E-state index >= 15 is 0 Å². The minimum atomic E-state index is -0.513. The van der Waals surface area contributed by atoms with Crippen LogP contribution >= 0.6 is 0 Å². The van der Waals surface area contributed by atoms with Gasteiger partial charge in [0.1, 0.15) is 17.6 Å². The van der Waals surface area contributed by atoms with Gasteiger partial charge in [0, 0.05) is 17.3 Å². The van der Waals surface area contributed by atoms with Gasteiger partial charge in [0.25, 0.3) is 0 Å². The van der Waals surface area contributed by atoms with Crippen LogP contribution in [0.3, 0.4) is 0 Å². The molecule has 188 valence electrons. The predicted molar refractivity (Wildman–Crippen MR) is 141 cm³/mol. The number of fused-ring (bicyclic) bond motifs is 1. The molecule has 3 N–H and O–H groups in total. The molecule has 0 radical (unpaired) electrons. The standard InChI is InChI=1S/C28H28N6O3/c1-19-25(33-28(35)36-15-13-21-6-5-14-30-21)18-34-27(19)26(20(16-29)17-31-34)32-22-9-11-24(12-10-22)37-23-7-3-2-4-8-23/h2-4,7-12,17-18,21,30,32H,5-6,13-15H2,1H3,(H,33,35). The summed E-state index contributed by atoms with van der Waals surface area (Å²) in [5.41, 5.74) is 3.79. The van der Waals surface area contributed by atoms with E-state index in [1.54, 1.807) is 10.7 Å². The predicted octanol–water partition coefficient (Wildman–Crippen LogP) is 5.74. The van der Waals surface area contributed by atoms with Gasteiger partial charge in [0.05, 0.1) is 41.5 Å². The maximum atomic E-state index is 12.4. The molecular weight excluding hydrogens is 468 g/mol. The SMILES string of the molecule is Cc1c(NC(=O)OCCC2CCCN2)cn2ncc(C#N)c(Nc3ccc(Oc4ccccc4)cc3)c12. The van der Waals surface area contributed by atoms with Gasteiger partial charge >= 0.3 is 6.09 Å². The zero-order valence-corrected chi connectivity index (χ0v) is 20.5. The number of anilines is 3. The molecule has 0 aliphatic carbocycles. The van der Waals surface area contributed by atoms with E-state index in [1.807, 2.05) is 61.5 Å². The third-order valence-electron chi connectivity index (χ3n) is 6.38. The molecule has 1 atom stereocenters. The summed E-state index contributed by atoms with van der Waals surface area (Å²) in [5.74, 6) is 1.45. The molecule has 0 bridgehead atoms. The Balaban J connectivity index is 1.31.